The van der Waals surface area contributed by atoms with E-state index >= 15 is 0 Å². The first-order valence-electron chi connectivity index (χ1n) is 6.44. The molecule has 0 N–H and O–H groups in total. The van der Waals surface area contributed by atoms with Gasteiger partial charge in [0.2, 0.25) is 0 Å². The van der Waals surface area contributed by atoms with Crippen LogP contribution < -0.4 is 0 Å². The predicted octanol–water partition coefficient (Wildman–Crippen LogP) is 5.43. The van der Waals surface area contributed by atoms with Crippen molar-refractivity contribution in [2.24, 2.45) is 0 Å². The lowest BCUT2D eigenvalue weighted by Crippen LogP contribution is -2.03. The van der Waals surface area contributed by atoms with E-state index < -0.39 is 0 Å². The minimum Gasteiger partial charge on any atom is -0.207 e. The van der Waals surface area contributed by atoms with Gasteiger partial charge in [0.15, 0.2) is 0 Å². The highest BCUT2D eigenvalue weighted by Gasteiger charge is 2.15. The second kappa shape index (κ2) is 5.87. The van der Waals surface area contributed by atoms with Crippen molar-refractivity contribution in [3.8, 4) is 0 Å². The first-order chi connectivity index (χ1) is 8.99. The molecular formula is C17H18BrF. The number of hydrogen-bond donors (Lipinski definition) is 0. The summed E-state index contributed by atoms with van der Waals surface area (Å²) in [5, 5.41) is 0. The first kappa shape index (κ1) is 14.3. The monoisotopic (exact) mass is 320 g/mol. The summed E-state index contributed by atoms with van der Waals surface area (Å²) in [5.41, 5.74) is 5.84. The van der Waals surface area contributed by atoms with Crippen LogP contribution in [0.2, 0.25) is 0 Å². The zero-order valence-electron chi connectivity index (χ0n) is 11.5. The van der Waals surface area contributed by atoms with Crippen LogP contribution in [-0.4, -0.2) is 0 Å². The Morgan fingerprint density at radius 3 is 2.16 bits per heavy atom. The van der Waals surface area contributed by atoms with E-state index in [4.69, 9.17) is 0 Å². The molecule has 0 heterocycles. The third kappa shape index (κ3) is 3.24. The van der Waals surface area contributed by atoms with E-state index in [9.17, 15) is 4.39 Å². The van der Waals surface area contributed by atoms with Gasteiger partial charge in [0.25, 0.3) is 0 Å². The van der Waals surface area contributed by atoms with E-state index in [-0.39, 0.29) is 10.6 Å². The highest BCUT2D eigenvalue weighted by molar-refractivity contribution is 9.09. The molecule has 19 heavy (non-hydrogen) atoms. The summed E-state index contributed by atoms with van der Waals surface area (Å²) in [7, 11) is 0. The highest BCUT2D eigenvalue weighted by Crippen LogP contribution is 2.33. The van der Waals surface area contributed by atoms with Crippen LogP contribution in [0.5, 0.6) is 0 Å². The van der Waals surface area contributed by atoms with E-state index in [1.54, 1.807) is 12.1 Å². The second-order valence-electron chi connectivity index (χ2n) is 5.05. The predicted molar refractivity (Wildman–Crippen MR) is 82.4 cm³/mol. The van der Waals surface area contributed by atoms with Crippen LogP contribution in [0.4, 0.5) is 4.39 Å². The molecule has 0 aliphatic rings. The van der Waals surface area contributed by atoms with E-state index in [0.29, 0.717) is 0 Å². The molecule has 0 aliphatic carbocycles. The fourth-order valence-corrected chi connectivity index (χ4v) is 3.62. The van der Waals surface area contributed by atoms with Crippen molar-refractivity contribution >= 4 is 15.9 Å². The van der Waals surface area contributed by atoms with Crippen LogP contribution in [0.1, 0.15) is 32.6 Å². The summed E-state index contributed by atoms with van der Waals surface area (Å²) in [6.07, 6.45) is 0.917. The fourth-order valence-electron chi connectivity index (χ4n) is 2.55. The van der Waals surface area contributed by atoms with Gasteiger partial charge in [0.05, 0.1) is 0 Å². The van der Waals surface area contributed by atoms with Crippen molar-refractivity contribution in [2.75, 3.05) is 0 Å². The fraction of sp³-hybridized carbons (Fsp3) is 0.294. The zero-order chi connectivity index (χ0) is 14.0. The molecule has 0 aromatic heterocycles. The summed E-state index contributed by atoms with van der Waals surface area (Å²) < 4.78 is 13.3. The van der Waals surface area contributed by atoms with Crippen LogP contribution in [0.3, 0.4) is 0 Å². The topological polar surface area (TPSA) is 0 Å². The maximum atomic E-state index is 13.3. The average Bonchev–Trinajstić information content (AvgIpc) is 2.30. The molecule has 0 amide bonds. The van der Waals surface area contributed by atoms with Gasteiger partial charge >= 0.3 is 0 Å². The van der Waals surface area contributed by atoms with E-state index in [1.807, 2.05) is 13.8 Å². The highest BCUT2D eigenvalue weighted by atomic mass is 79.9. The summed E-state index contributed by atoms with van der Waals surface area (Å²) in [5.74, 6) is -0.158. The first-order valence-corrected chi connectivity index (χ1v) is 7.36. The molecule has 1 atom stereocenters. The number of halogens is 2. The van der Waals surface area contributed by atoms with Gasteiger partial charge in [0, 0.05) is 4.83 Å². The smallest absolute Gasteiger partial charge is 0.123 e. The average molecular weight is 321 g/mol. The summed E-state index contributed by atoms with van der Waals surface area (Å²) >= 11 is 3.76. The zero-order valence-corrected chi connectivity index (χ0v) is 13.1. The van der Waals surface area contributed by atoms with Gasteiger partial charge in [-0.2, -0.15) is 0 Å². The molecule has 0 fully saturated rings. The van der Waals surface area contributed by atoms with Gasteiger partial charge in [0.1, 0.15) is 5.82 Å². The molecule has 0 bridgehead atoms. The molecule has 0 radical (unpaired) electrons. The van der Waals surface area contributed by atoms with Crippen molar-refractivity contribution in [2.45, 2.75) is 32.0 Å². The largest absolute Gasteiger partial charge is 0.207 e. The van der Waals surface area contributed by atoms with Crippen LogP contribution in [0, 0.1) is 26.6 Å². The molecule has 0 saturated heterocycles. The van der Waals surface area contributed by atoms with Crippen molar-refractivity contribution in [3.05, 3.63) is 70.0 Å². The Balaban J connectivity index is 2.31. The molecule has 2 heteroatoms. The number of aryl methyl sites for hydroxylation is 3. The molecule has 1 unspecified atom stereocenters. The maximum Gasteiger partial charge on any atom is 0.123 e. The van der Waals surface area contributed by atoms with Gasteiger partial charge in [-0.15, -0.1) is 0 Å². The minimum absolute atomic E-state index is 0.158. The van der Waals surface area contributed by atoms with Crippen molar-refractivity contribution in [1.82, 2.24) is 0 Å². The lowest BCUT2D eigenvalue weighted by Gasteiger charge is -2.17. The Labute approximate surface area is 122 Å². The molecule has 2 rings (SSSR count). The molecule has 2 aromatic carbocycles. The molecule has 0 nitrogen and oxygen atoms in total. The number of hydrogen-bond acceptors (Lipinski definition) is 0. The molecule has 0 spiro atoms. The summed E-state index contributed by atoms with van der Waals surface area (Å²) in [6.45, 7) is 6.06. The second-order valence-corrected chi connectivity index (χ2v) is 6.16. The SMILES string of the molecule is Cc1ccccc1CC(Br)c1c(C)cc(F)cc1C. The van der Waals surface area contributed by atoms with Gasteiger partial charge in [-0.25, -0.2) is 4.39 Å². The lowest BCUT2D eigenvalue weighted by atomic mass is 9.94. The molecule has 2 aromatic rings. The van der Waals surface area contributed by atoms with Gasteiger partial charge < -0.3 is 0 Å². The molecular weight excluding hydrogens is 303 g/mol. The quantitative estimate of drug-likeness (QED) is 0.661. The number of alkyl halides is 1. The number of benzene rings is 2. The maximum absolute atomic E-state index is 13.3. The van der Waals surface area contributed by atoms with Crippen molar-refractivity contribution in [3.63, 3.8) is 0 Å². The summed E-state index contributed by atoms with van der Waals surface area (Å²) in [6, 6.07) is 11.6. The van der Waals surface area contributed by atoms with Crippen LogP contribution in [0.15, 0.2) is 36.4 Å². The van der Waals surface area contributed by atoms with Crippen LogP contribution >= 0.6 is 15.9 Å². The van der Waals surface area contributed by atoms with Gasteiger partial charge in [-0.05, 0) is 67.1 Å². The summed E-state index contributed by atoms with van der Waals surface area (Å²) in [4.78, 5) is 0.217. The Morgan fingerprint density at radius 1 is 1.00 bits per heavy atom. The van der Waals surface area contributed by atoms with Gasteiger partial charge in [-0.3, -0.25) is 0 Å². The minimum atomic E-state index is -0.158. The Kier molecular flexibility index (Phi) is 4.41. The Bertz CT molecular complexity index is 567. The van der Waals surface area contributed by atoms with E-state index in [0.717, 1.165) is 17.5 Å². The van der Waals surface area contributed by atoms with Crippen molar-refractivity contribution in [1.29, 1.82) is 0 Å². The van der Waals surface area contributed by atoms with E-state index in [1.165, 1.54) is 16.7 Å². The number of rotatable bonds is 3. The van der Waals surface area contributed by atoms with Crippen LogP contribution in [-0.2, 0) is 6.42 Å². The normalized spacial score (nSPS) is 12.5. The van der Waals surface area contributed by atoms with E-state index in [2.05, 4.69) is 47.1 Å². The third-order valence-corrected chi connectivity index (χ3v) is 4.31. The van der Waals surface area contributed by atoms with Crippen molar-refractivity contribution < 1.29 is 4.39 Å². The Hall–Kier alpha value is -1.15. The van der Waals surface area contributed by atoms with Gasteiger partial charge in [-0.1, -0.05) is 40.2 Å². The van der Waals surface area contributed by atoms with Crippen LogP contribution in [0.25, 0.3) is 0 Å². The molecule has 0 saturated carbocycles. The third-order valence-electron chi connectivity index (χ3n) is 3.53. The molecule has 0 aliphatic heterocycles. The Morgan fingerprint density at radius 2 is 1.58 bits per heavy atom. The standard InChI is InChI=1S/C17H18BrF/c1-11-6-4-5-7-14(11)10-16(18)17-12(2)8-15(19)9-13(17)3/h4-9,16H,10H2,1-3H3. The lowest BCUT2D eigenvalue weighted by molar-refractivity contribution is 0.624. The molecule has 100 valence electrons.